The fraction of sp³-hybridized carbons (Fsp3) is 0.304. The van der Waals surface area contributed by atoms with Crippen molar-refractivity contribution < 1.29 is 4.74 Å². The van der Waals surface area contributed by atoms with Gasteiger partial charge in [0.1, 0.15) is 17.7 Å². The van der Waals surface area contributed by atoms with E-state index in [-0.39, 0.29) is 0 Å². The van der Waals surface area contributed by atoms with Gasteiger partial charge in [-0.2, -0.15) is 5.10 Å². The summed E-state index contributed by atoms with van der Waals surface area (Å²) in [5.41, 5.74) is 4.40. The Morgan fingerprint density at radius 3 is 2.59 bits per heavy atom. The Balaban J connectivity index is 1.50. The van der Waals surface area contributed by atoms with E-state index >= 15 is 0 Å². The molecule has 1 aliphatic carbocycles. The first-order chi connectivity index (χ1) is 15.5. The van der Waals surface area contributed by atoms with Crippen molar-refractivity contribution in [1.82, 2.24) is 34.6 Å². The smallest absolute Gasteiger partial charge is 0.227 e. The topological polar surface area (TPSA) is 106 Å². The quantitative estimate of drug-likeness (QED) is 0.371. The van der Waals surface area contributed by atoms with Crippen LogP contribution in [0.3, 0.4) is 0 Å². The van der Waals surface area contributed by atoms with Gasteiger partial charge in [-0.05, 0) is 18.4 Å². The molecule has 3 heterocycles. The maximum Gasteiger partial charge on any atom is 0.227 e. The van der Waals surface area contributed by atoms with Crippen molar-refractivity contribution in [1.29, 1.82) is 5.41 Å². The highest BCUT2D eigenvalue weighted by atomic mass is 16.5. The predicted octanol–water partition coefficient (Wildman–Crippen LogP) is 3.10. The summed E-state index contributed by atoms with van der Waals surface area (Å²) in [4.78, 5) is 20.0. The van der Waals surface area contributed by atoms with Crippen LogP contribution in [0.2, 0.25) is 0 Å². The maximum absolute atomic E-state index is 8.12. The summed E-state index contributed by atoms with van der Waals surface area (Å²) in [5.74, 6) is 1.93. The van der Waals surface area contributed by atoms with Gasteiger partial charge in [-0.15, -0.1) is 0 Å². The highest BCUT2D eigenvalue weighted by molar-refractivity contribution is 5.96. The Morgan fingerprint density at radius 2 is 1.91 bits per heavy atom. The van der Waals surface area contributed by atoms with Crippen molar-refractivity contribution in [2.24, 2.45) is 0 Å². The van der Waals surface area contributed by atoms with Gasteiger partial charge in [0, 0.05) is 31.8 Å². The molecule has 0 bridgehead atoms. The fourth-order valence-corrected chi connectivity index (χ4v) is 3.72. The molecule has 1 saturated carbocycles. The number of fused-ring (bicyclic) bond motifs is 1. The van der Waals surface area contributed by atoms with E-state index in [0.29, 0.717) is 30.0 Å². The largest absolute Gasteiger partial charge is 0.480 e. The Kier molecular flexibility index (Phi) is 5.01. The summed E-state index contributed by atoms with van der Waals surface area (Å²) in [7, 11) is 5.33. The molecule has 0 spiro atoms. The van der Waals surface area contributed by atoms with Gasteiger partial charge in [0.05, 0.1) is 30.9 Å². The van der Waals surface area contributed by atoms with Crippen LogP contribution in [0.5, 0.6) is 5.88 Å². The van der Waals surface area contributed by atoms with E-state index in [0.717, 1.165) is 46.3 Å². The second kappa shape index (κ2) is 7.99. The van der Waals surface area contributed by atoms with Crippen molar-refractivity contribution in [2.45, 2.75) is 25.3 Å². The molecule has 0 unspecified atom stereocenters. The third-order valence-electron chi connectivity index (χ3n) is 5.61. The second-order valence-corrected chi connectivity index (χ2v) is 8.13. The molecular weight excluding hydrogens is 404 g/mol. The number of hydrogen-bond donors (Lipinski definition) is 1. The molecule has 9 nitrogen and oxygen atoms in total. The molecule has 162 valence electrons. The van der Waals surface area contributed by atoms with Crippen LogP contribution in [-0.4, -0.2) is 61.7 Å². The Hall–Kier alpha value is -3.88. The van der Waals surface area contributed by atoms with Gasteiger partial charge in [0.25, 0.3) is 0 Å². The van der Waals surface area contributed by atoms with Gasteiger partial charge < -0.3 is 9.64 Å². The molecule has 0 atom stereocenters. The minimum atomic E-state index is 0.408. The van der Waals surface area contributed by atoms with Crippen molar-refractivity contribution in [3.8, 4) is 17.3 Å². The lowest BCUT2D eigenvalue weighted by molar-refractivity contribution is 0.397. The van der Waals surface area contributed by atoms with Crippen molar-refractivity contribution in [3.05, 3.63) is 59.8 Å². The summed E-state index contributed by atoms with van der Waals surface area (Å²) in [6.07, 6.45) is 7.31. The lowest BCUT2D eigenvalue weighted by atomic mass is 10.1. The standard InChI is InChI=1S/C23H24N8O/c1-30(2)20(24)16-6-4-14(5-7-16)12-31-22-17(11-28-31)10-25-21(29-22)18-19(15-8-9-15)26-13-27-23(18)32-3/h4-7,10-11,13,15,24H,8-9,12H2,1-3H3. The zero-order chi connectivity index (χ0) is 22.2. The molecule has 1 N–H and O–H groups in total. The molecule has 0 saturated heterocycles. The molecular formula is C23H24N8O. The molecule has 9 heteroatoms. The highest BCUT2D eigenvalue weighted by Crippen LogP contribution is 2.44. The van der Waals surface area contributed by atoms with Crippen LogP contribution in [0.15, 0.2) is 43.0 Å². The number of benzene rings is 1. The average molecular weight is 429 g/mol. The molecule has 1 fully saturated rings. The number of rotatable bonds is 6. The number of amidine groups is 1. The lowest BCUT2D eigenvalue weighted by Gasteiger charge is -2.14. The maximum atomic E-state index is 8.12. The summed E-state index contributed by atoms with van der Waals surface area (Å²) in [6, 6.07) is 7.94. The van der Waals surface area contributed by atoms with Crippen molar-refractivity contribution >= 4 is 16.9 Å². The molecule has 5 rings (SSSR count). The third kappa shape index (κ3) is 3.66. The normalized spacial score (nSPS) is 13.3. The van der Waals surface area contributed by atoms with E-state index in [4.69, 9.17) is 15.1 Å². The number of methoxy groups -OCH3 is 1. The summed E-state index contributed by atoms with van der Waals surface area (Å²) >= 11 is 0. The molecule has 0 aliphatic heterocycles. The second-order valence-electron chi connectivity index (χ2n) is 8.13. The highest BCUT2D eigenvalue weighted by Gasteiger charge is 2.31. The lowest BCUT2D eigenvalue weighted by Crippen LogP contribution is -2.21. The van der Waals surface area contributed by atoms with Gasteiger partial charge in [-0.1, -0.05) is 24.3 Å². The Morgan fingerprint density at radius 1 is 1.12 bits per heavy atom. The Bertz CT molecular complexity index is 1290. The van der Waals surface area contributed by atoms with Crippen LogP contribution in [0.1, 0.15) is 35.6 Å². The van der Waals surface area contributed by atoms with Gasteiger partial charge in [-0.25, -0.2) is 24.6 Å². The van der Waals surface area contributed by atoms with Crippen molar-refractivity contribution in [2.75, 3.05) is 21.2 Å². The SMILES string of the molecule is COc1ncnc(C2CC2)c1-c1ncc2cnn(Cc3ccc(C(=N)N(C)C)cc3)c2n1. The molecule has 1 aliphatic rings. The van der Waals surface area contributed by atoms with E-state index in [1.807, 2.05) is 43.0 Å². The molecule has 0 amide bonds. The summed E-state index contributed by atoms with van der Waals surface area (Å²) in [6.45, 7) is 0.563. The third-order valence-corrected chi connectivity index (χ3v) is 5.61. The minimum absolute atomic E-state index is 0.408. The fourth-order valence-electron chi connectivity index (χ4n) is 3.72. The van der Waals surface area contributed by atoms with Crippen LogP contribution in [0, 0.1) is 5.41 Å². The van der Waals surface area contributed by atoms with Crippen LogP contribution < -0.4 is 4.74 Å². The molecule has 1 aromatic carbocycles. The van der Waals surface area contributed by atoms with Gasteiger partial charge >= 0.3 is 0 Å². The number of ether oxygens (including phenoxy) is 1. The zero-order valence-electron chi connectivity index (χ0n) is 18.3. The van der Waals surface area contributed by atoms with Gasteiger partial charge in [0.15, 0.2) is 11.5 Å². The average Bonchev–Trinajstić information content (AvgIpc) is 3.60. The summed E-state index contributed by atoms with van der Waals surface area (Å²) in [5, 5.41) is 13.5. The number of aromatic nitrogens is 6. The van der Waals surface area contributed by atoms with Gasteiger partial charge in [0.2, 0.25) is 5.88 Å². The van der Waals surface area contributed by atoms with Crippen molar-refractivity contribution in [3.63, 3.8) is 0 Å². The van der Waals surface area contributed by atoms with E-state index in [1.165, 1.54) is 0 Å². The van der Waals surface area contributed by atoms with E-state index < -0.39 is 0 Å². The Labute approximate surface area is 185 Å². The van der Waals surface area contributed by atoms with Gasteiger partial charge in [-0.3, -0.25) is 5.41 Å². The first-order valence-electron chi connectivity index (χ1n) is 10.5. The molecule has 32 heavy (non-hydrogen) atoms. The van der Waals surface area contributed by atoms with E-state index in [2.05, 4.69) is 20.1 Å². The van der Waals surface area contributed by atoms with Crippen LogP contribution in [0.25, 0.3) is 22.4 Å². The monoisotopic (exact) mass is 428 g/mol. The van der Waals surface area contributed by atoms with Crippen LogP contribution >= 0.6 is 0 Å². The van der Waals surface area contributed by atoms with Crippen LogP contribution in [-0.2, 0) is 6.54 Å². The number of nitrogens with one attached hydrogen (secondary N) is 1. The van der Waals surface area contributed by atoms with E-state index in [1.54, 1.807) is 30.7 Å². The number of hydrogen-bond acceptors (Lipinski definition) is 7. The van der Waals surface area contributed by atoms with E-state index in [9.17, 15) is 0 Å². The minimum Gasteiger partial charge on any atom is -0.480 e. The number of nitrogens with zero attached hydrogens (tertiary/aromatic N) is 7. The molecule has 3 aromatic heterocycles. The predicted molar refractivity (Wildman–Crippen MR) is 121 cm³/mol. The first kappa shape index (κ1) is 20.0. The summed E-state index contributed by atoms with van der Waals surface area (Å²) < 4.78 is 7.37. The molecule has 0 radical (unpaired) electrons. The van der Waals surface area contributed by atoms with Crippen LogP contribution in [0.4, 0.5) is 0 Å². The first-order valence-corrected chi connectivity index (χ1v) is 10.5. The molecule has 4 aromatic rings. The zero-order valence-corrected chi connectivity index (χ0v) is 18.3.